The van der Waals surface area contributed by atoms with E-state index in [4.69, 9.17) is 31.2 Å². The fourth-order valence-electron chi connectivity index (χ4n) is 3.27. The Balaban J connectivity index is 2.07. The van der Waals surface area contributed by atoms with Crippen LogP contribution in [0.25, 0.3) is 11.2 Å². The van der Waals surface area contributed by atoms with Crippen LogP contribution in [0.2, 0.25) is 0 Å². The monoisotopic (exact) mass is 467 g/mol. The normalized spacial score (nSPS) is 22.4. The molecule has 0 radical (unpaired) electrons. The molecule has 0 spiro atoms. The SMILES string of the molecule is CC(=O)Nc1nc(=S)c2ncn([C@H]3O[C@@H](COC(C)=O)[C@H](OC(C)=O)[C@@H]3OC(C)=O)c2[nH]1. The summed E-state index contributed by atoms with van der Waals surface area (Å²) in [6.45, 7) is 4.66. The van der Waals surface area contributed by atoms with Crippen LogP contribution in [-0.2, 0) is 38.1 Å². The van der Waals surface area contributed by atoms with E-state index in [0.29, 0.717) is 11.2 Å². The van der Waals surface area contributed by atoms with E-state index >= 15 is 0 Å². The number of hydrogen-bond acceptors (Lipinski definition) is 11. The van der Waals surface area contributed by atoms with Gasteiger partial charge in [0.15, 0.2) is 23.1 Å². The Kier molecular flexibility index (Phi) is 6.84. The Morgan fingerprint density at radius 3 is 2.38 bits per heavy atom. The summed E-state index contributed by atoms with van der Waals surface area (Å²) in [6.07, 6.45) is -2.77. The summed E-state index contributed by atoms with van der Waals surface area (Å²) in [7, 11) is 0. The van der Waals surface area contributed by atoms with E-state index in [2.05, 4.69) is 20.3 Å². The van der Waals surface area contributed by atoms with Crippen LogP contribution in [0, 0.1) is 4.64 Å². The van der Waals surface area contributed by atoms with Gasteiger partial charge in [0.2, 0.25) is 11.9 Å². The summed E-state index contributed by atoms with van der Waals surface area (Å²) in [5.41, 5.74) is 0.609. The maximum absolute atomic E-state index is 11.8. The molecule has 0 aromatic carbocycles. The van der Waals surface area contributed by atoms with Gasteiger partial charge in [-0.05, 0) is 0 Å². The van der Waals surface area contributed by atoms with E-state index in [1.165, 1.54) is 38.6 Å². The standard InChI is InChI=1S/C18H21N5O8S/c1-7(24)20-18-21-15-12(16(32)22-18)19-6-23(15)17-14(30-10(4)27)13(29-9(3)26)11(31-17)5-28-8(2)25/h6,11,13-14,17H,5H2,1-4H3,(H2,20,21,22,24,32)/t11-,13-,14-,17-/m0/s1. The fraction of sp³-hybridized carbons (Fsp3) is 0.500. The van der Waals surface area contributed by atoms with E-state index in [1.54, 1.807) is 0 Å². The molecule has 0 bridgehead atoms. The largest absolute Gasteiger partial charge is 0.463 e. The number of nitrogens with zero attached hydrogens (tertiary/aromatic N) is 3. The number of hydrogen-bond donors (Lipinski definition) is 2. The van der Waals surface area contributed by atoms with Crippen molar-refractivity contribution in [3.63, 3.8) is 0 Å². The predicted octanol–water partition coefficient (Wildman–Crippen LogP) is 0.771. The molecule has 1 saturated heterocycles. The highest BCUT2D eigenvalue weighted by molar-refractivity contribution is 7.71. The second-order valence-corrected chi connectivity index (χ2v) is 7.32. The zero-order chi connectivity index (χ0) is 23.6. The summed E-state index contributed by atoms with van der Waals surface area (Å²) in [5.74, 6) is -2.15. The number of carbonyl (C=O) groups is 4. The first-order valence-electron chi connectivity index (χ1n) is 9.44. The predicted molar refractivity (Wildman–Crippen MR) is 109 cm³/mol. The molecule has 0 saturated carbocycles. The zero-order valence-corrected chi connectivity index (χ0v) is 18.4. The Morgan fingerprint density at radius 1 is 1.12 bits per heavy atom. The summed E-state index contributed by atoms with van der Waals surface area (Å²) >= 11 is 5.24. The van der Waals surface area contributed by atoms with Gasteiger partial charge < -0.3 is 23.9 Å². The lowest BCUT2D eigenvalue weighted by molar-refractivity contribution is -0.166. The van der Waals surface area contributed by atoms with Crippen molar-refractivity contribution in [1.82, 2.24) is 19.5 Å². The lowest BCUT2D eigenvalue weighted by Gasteiger charge is -2.23. The number of ether oxygens (including phenoxy) is 4. The Morgan fingerprint density at radius 2 is 1.78 bits per heavy atom. The minimum atomic E-state index is -1.10. The van der Waals surface area contributed by atoms with Crippen LogP contribution in [0.4, 0.5) is 5.95 Å². The molecule has 1 amide bonds. The van der Waals surface area contributed by atoms with E-state index in [1.807, 2.05) is 0 Å². The summed E-state index contributed by atoms with van der Waals surface area (Å²) < 4.78 is 23.3. The third-order valence-corrected chi connectivity index (χ3v) is 4.64. The number of imidazole rings is 1. The quantitative estimate of drug-likeness (QED) is 0.350. The molecule has 14 heteroatoms. The number of nitrogens with one attached hydrogen (secondary N) is 2. The van der Waals surface area contributed by atoms with Crippen molar-refractivity contribution >= 4 is 53.1 Å². The van der Waals surface area contributed by atoms with Gasteiger partial charge in [-0.1, -0.05) is 12.2 Å². The highest BCUT2D eigenvalue weighted by Gasteiger charge is 2.51. The van der Waals surface area contributed by atoms with Gasteiger partial charge >= 0.3 is 17.9 Å². The van der Waals surface area contributed by atoms with Gasteiger partial charge in [-0.25, -0.2) is 9.97 Å². The van der Waals surface area contributed by atoms with E-state index in [-0.39, 0.29) is 23.1 Å². The van der Waals surface area contributed by atoms with Crippen LogP contribution in [0.15, 0.2) is 6.33 Å². The molecule has 4 atom stereocenters. The van der Waals surface area contributed by atoms with Gasteiger partial charge in [-0.3, -0.25) is 29.1 Å². The average molecular weight is 467 g/mol. The first-order valence-corrected chi connectivity index (χ1v) is 9.85. The lowest BCUT2D eigenvalue weighted by atomic mass is 10.1. The summed E-state index contributed by atoms with van der Waals surface area (Å²) in [4.78, 5) is 57.4. The summed E-state index contributed by atoms with van der Waals surface area (Å²) in [6, 6.07) is 0. The van der Waals surface area contributed by atoms with Gasteiger partial charge in [-0.2, -0.15) is 0 Å². The number of esters is 3. The molecule has 1 aliphatic rings. The molecule has 32 heavy (non-hydrogen) atoms. The highest BCUT2D eigenvalue weighted by Crippen LogP contribution is 2.36. The second-order valence-electron chi connectivity index (χ2n) is 6.94. The molecule has 1 fully saturated rings. The van der Waals surface area contributed by atoms with Crippen LogP contribution in [0.5, 0.6) is 0 Å². The van der Waals surface area contributed by atoms with Crippen molar-refractivity contribution < 1.29 is 38.1 Å². The van der Waals surface area contributed by atoms with E-state index < -0.39 is 42.4 Å². The number of H-pyrrole nitrogens is 1. The van der Waals surface area contributed by atoms with Gasteiger partial charge in [0.05, 0.1) is 6.33 Å². The van der Waals surface area contributed by atoms with Gasteiger partial charge in [0, 0.05) is 27.7 Å². The maximum Gasteiger partial charge on any atom is 0.303 e. The molecule has 13 nitrogen and oxygen atoms in total. The van der Waals surface area contributed by atoms with Crippen molar-refractivity contribution in [3.05, 3.63) is 11.0 Å². The lowest BCUT2D eigenvalue weighted by Crippen LogP contribution is -2.40. The van der Waals surface area contributed by atoms with Gasteiger partial charge in [-0.15, -0.1) is 0 Å². The number of carbonyl (C=O) groups excluding carboxylic acids is 4. The summed E-state index contributed by atoms with van der Waals surface area (Å²) in [5, 5.41) is 2.50. The van der Waals surface area contributed by atoms with Crippen LogP contribution >= 0.6 is 12.2 Å². The molecule has 1 aliphatic heterocycles. The first kappa shape index (κ1) is 23.3. The van der Waals surface area contributed by atoms with Crippen LogP contribution in [-0.4, -0.2) is 68.3 Å². The van der Waals surface area contributed by atoms with Gasteiger partial charge in [0.25, 0.3) is 0 Å². The number of amides is 1. The molecular weight excluding hydrogens is 446 g/mol. The van der Waals surface area contributed by atoms with E-state index in [9.17, 15) is 19.2 Å². The highest BCUT2D eigenvalue weighted by atomic mass is 32.1. The van der Waals surface area contributed by atoms with Gasteiger partial charge in [0.1, 0.15) is 23.9 Å². The molecule has 0 aliphatic carbocycles. The Bertz CT molecular complexity index is 1130. The van der Waals surface area contributed by atoms with Crippen molar-refractivity contribution in [2.45, 2.75) is 52.2 Å². The Labute approximate surface area is 186 Å². The molecule has 3 rings (SSSR count). The van der Waals surface area contributed by atoms with Crippen LogP contribution in [0.3, 0.4) is 0 Å². The second kappa shape index (κ2) is 9.40. The third-order valence-electron chi connectivity index (χ3n) is 4.36. The zero-order valence-electron chi connectivity index (χ0n) is 17.6. The number of fused-ring (bicyclic) bond motifs is 1. The Hall–Kier alpha value is -3.39. The first-order chi connectivity index (χ1) is 15.1. The van der Waals surface area contributed by atoms with Crippen molar-refractivity contribution in [1.29, 1.82) is 0 Å². The molecule has 2 aromatic rings. The van der Waals surface area contributed by atoms with Crippen LogP contribution < -0.4 is 5.32 Å². The van der Waals surface area contributed by atoms with Crippen molar-refractivity contribution in [2.75, 3.05) is 11.9 Å². The molecule has 172 valence electrons. The smallest absolute Gasteiger partial charge is 0.303 e. The molecular formula is C18H21N5O8S. The molecule has 2 N–H and O–H groups in total. The average Bonchev–Trinajstić information content (AvgIpc) is 3.21. The topological polar surface area (TPSA) is 164 Å². The molecule has 2 aromatic heterocycles. The fourth-order valence-corrected chi connectivity index (χ4v) is 3.51. The van der Waals surface area contributed by atoms with E-state index in [0.717, 1.165) is 0 Å². The number of aromatic amines is 1. The minimum absolute atomic E-state index is 0.0757. The molecule has 3 heterocycles. The third kappa shape index (κ3) is 5.08. The van der Waals surface area contributed by atoms with Crippen LogP contribution in [0.1, 0.15) is 33.9 Å². The molecule has 0 unspecified atom stereocenters. The van der Waals surface area contributed by atoms with Crippen molar-refractivity contribution in [2.24, 2.45) is 0 Å². The number of aromatic nitrogens is 4. The maximum atomic E-state index is 11.8. The number of rotatable bonds is 6. The van der Waals surface area contributed by atoms with Crippen molar-refractivity contribution in [3.8, 4) is 0 Å². The minimum Gasteiger partial charge on any atom is -0.463 e. The number of anilines is 1.